The van der Waals surface area contributed by atoms with Crippen molar-refractivity contribution in [3.63, 3.8) is 0 Å². The quantitative estimate of drug-likeness (QED) is 0.560. The van der Waals surface area contributed by atoms with E-state index >= 15 is 0 Å². The fraction of sp³-hybridized carbons (Fsp3) is 0.800. The van der Waals surface area contributed by atoms with E-state index in [4.69, 9.17) is 5.73 Å². The van der Waals surface area contributed by atoms with Crippen LogP contribution in [0.2, 0.25) is 0 Å². The van der Waals surface area contributed by atoms with Gasteiger partial charge >= 0.3 is 12.1 Å². The van der Waals surface area contributed by atoms with Gasteiger partial charge in [-0.15, -0.1) is 0 Å². The summed E-state index contributed by atoms with van der Waals surface area (Å²) in [4.78, 5) is 22.1. The Hall–Kier alpha value is -1.06. The molecule has 0 aliphatic rings. The molecular weight excluding hydrogens is 182 g/mol. The number of hydrogen-bond donors (Lipinski definition) is 1. The number of ether oxygens (including phenoxy) is 1. The van der Waals surface area contributed by atoms with Crippen LogP contribution in [0.1, 0.15) is 34.6 Å². The third-order valence-corrected chi connectivity index (χ3v) is 3.03. The lowest BCUT2D eigenvalue weighted by molar-refractivity contribution is -0.153. The first-order chi connectivity index (χ1) is 6.22. The Morgan fingerprint density at radius 3 is 1.71 bits per heavy atom. The fourth-order valence-electron chi connectivity index (χ4n) is 1.34. The van der Waals surface area contributed by atoms with Crippen LogP contribution in [0.5, 0.6) is 0 Å². The van der Waals surface area contributed by atoms with Gasteiger partial charge < -0.3 is 10.5 Å². The van der Waals surface area contributed by atoms with Crippen LogP contribution in [0.15, 0.2) is 0 Å². The normalized spacial score (nSPS) is 11.9. The molecular formula is C10H19NO3. The Morgan fingerprint density at radius 2 is 1.50 bits per heavy atom. The molecule has 0 unspecified atom stereocenters. The zero-order chi connectivity index (χ0) is 11.5. The molecule has 0 heterocycles. The number of hydrogen-bond acceptors (Lipinski definition) is 3. The first-order valence-electron chi connectivity index (χ1n) is 4.74. The minimum absolute atomic E-state index is 0.0920. The van der Waals surface area contributed by atoms with E-state index in [1.54, 1.807) is 6.92 Å². The van der Waals surface area contributed by atoms with E-state index in [1.165, 1.54) is 0 Å². The van der Waals surface area contributed by atoms with Crippen molar-refractivity contribution < 1.29 is 14.3 Å². The number of carbonyl (C=O) groups excluding carboxylic acids is 2. The highest BCUT2D eigenvalue weighted by Gasteiger charge is 2.41. The van der Waals surface area contributed by atoms with E-state index in [-0.39, 0.29) is 11.8 Å². The summed E-state index contributed by atoms with van der Waals surface area (Å²) in [6.07, 6.45) is -1.04. The number of nitrogens with two attached hydrogens (primary N) is 1. The molecule has 0 radical (unpaired) electrons. The maximum Gasteiger partial charge on any atom is 0.412 e. The van der Waals surface area contributed by atoms with Gasteiger partial charge in [0.25, 0.3) is 0 Å². The van der Waals surface area contributed by atoms with Crippen molar-refractivity contribution in [3.8, 4) is 0 Å². The lowest BCUT2D eigenvalue weighted by Crippen LogP contribution is -2.41. The molecule has 0 saturated carbocycles. The molecule has 0 rings (SSSR count). The van der Waals surface area contributed by atoms with E-state index in [0.717, 1.165) is 0 Å². The maximum atomic E-state index is 11.6. The Bertz CT molecular complexity index is 226. The molecule has 0 bridgehead atoms. The molecule has 0 aromatic rings. The van der Waals surface area contributed by atoms with Crippen molar-refractivity contribution in [3.05, 3.63) is 0 Å². The number of amides is 1. The van der Waals surface area contributed by atoms with E-state index in [1.807, 2.05) is 27.7 Å². The van der Waals surface area contributed by atoms with Crippen LogP contribution in [0.4, 0.5) is 4.79 Å². The standard InChI is InChI=1S/C10H19NO3/c1-6(2)10(5,7(3)4)8(12)14-9(11)13/h6-7H,1-5H3,(H2,11,13). The minimum Gasteiger partial charge on any atom is -0.376 e. The summed E-state index contributed by atoms with van der Waals surface area (Å²) in [5.74, 6) is -0.362. The highest BCUT2D eigenvalue weighted by Crippen LogP contribution is 2.36. The van der Waals surface area contributed by atoms with Crippen LogP contribution < -0.4 is 5.73 Å². The van der Waals surface area contributed by atoms with Gasteiger partial charge in [-0.2, -0.15) is 0 Å². The van der Waals surface area contributed by atoms with Crippen LogP contribution in [-0.4, -0.2) is 12.1 Å². The second-order valence-electron chi connectivity index (χ2n) is 4.30. The molecule has 0 aliphatic carbocycles. The highest BCUT2D eigenvalue weighted by molar-refractivity contribution is 5.87. The lowest BCUT2D eigenvalue weighted by Gasteiger charge is -2.34. The average Bonchev–Trinajstić information content (AvgIpc) is 2.00. The van der Waals surface area contributed by atoms with Crippen molar-refractivity contribution in [1.82, 2.24) is 0 Å². The maximum absolute atomic E-state index is 11.6. The lowest BCUT2D eigenvalue weighted by atomic mass is 9.70. The van der Waals surface area contributed by atoms with E-state index in [0.29, 0.717) is 0 Å². The predicted octanol–water partition coefficient (Wildman–Crippen LogP) is 1.93. The van der Waals surface area contributed by atoms with Crippen molar-refractivity contribution in [2.45, 2.75) is 34.6 Å². The summed E-state index contributed by atoms with van der Waals surface area (Å²) in [6.45, 7) is 9.46. The fourth-order valence-corrected chi connectivity index (χ4v) is 1.34. The first kappa shape index (κ1) is 12.9. The average molecular weight is 201 g/mol. The second kappa shape index (κ2) is 4.44. The van der Waals surface area contributed by atoms with Crippen molar-refractivity contribution in [2.75, 3.05) is 0 Å². The first-order valence-corrected chi connectivity index (χ1v) is 4.74. The van der Waals surface area contributed by atoms with Crippen LogP contribution in [0, 0.1) is 17.3 Å². The summed E-state index contributed by atoms with van der Waals surface area (Å²) in [5.41, 5.74) is 4.14. The van der Waals surface area contributed by atoms with E-state index < -0.39 is 17.5 Å². The molecule has 0 saturated heterocycles. The van der Waals surface area contributed by atoms with Gasteiger partial charge in [0.15, 0.2) is 0 Å². The smallest absolute Gasteiger partial charge is 0.376 e. The summed E-state index contributed by atoms with van der Waals surface area (Å²) >= 11 is 0. The Labute approximate surface area is 84.8 Å². The Kier molecular flexibility index (Phi) is 4.10. The Balaban J connectivity index is 4.83. The summed E-state index contributed by atoms with van der Waals surface area (Å²) < 4.78 is 4.44. The van der Waals surface area contributed by atoms with Crippen molar-refractivity contribution in [1.29, 1.82) is 0 Å². The van der Waals surface area contributed by atoms with Crippen LogP contribution in [0.3, 0.4) is 0 Å². The van der Waals surface area contributed by atoms with E-state index in [9.17, 15) is 9.59 Å². The molecule has 0 spiro atoms. The SMILES string of the molecule is CC(C)C(C)(C(=O)OC(N)=O)C(C)C. The van der Waals surface area contributed by atoms with Gasteiger partial charge in [0, 0.05) is 0 Å². The Morgan fingerprint density at radius 1 is 1.14 bits per heavy atom. The molecule has 0 aliphatic heterocycles. The van der Waals surface area contributed by atoms with Gasteiger partial charge in [0.2, 0.25) is 0 Å². The van der Waals surface area contributed by atoms with Gasteiger partial charge in [-0.3, -0.25) is 4.79 Å². The molecule has 82 valence electrons. The zero-order valence-corrected chi connectivity index (χ0v) is 9.46. The third-order valence-electron chi connectivity index (χ3n) is 3.03. The van der Waals surface area contributed by atoms with Crippen LogP contribution >= 0.6 is 0 Å². The van der Waals surface area contributed by atoms with E-state index in [2.05, 4.69) is 4.74 Å². The zero-order valence-electron chi connectivity index (χ0n) is 9.46. The molecule has 4 nitrogen and oxygen atoms in total. The molecule has 2 N–H and O–H groups in total. The predicted molar refractivity (Wildman–Crippen MR) is 53.5 cm³/mol. The number of rotatable bonds is 3. The molecule has 4 heteroatoms. The van der Waals surface area contributed by atoms with Crippen molar-refractivity contribution >= 4 is 12.1 Å². The summed E-state index contributed by atoms with van der Waals surface area (Å²) in [6, 6.07) is 0. The second-order valence-corrected chi connectivity index (χ2v) is 4.30. The number of primary amides is 1. The molecule has 1 amide bonds. The molecule has 14 heavy (non-hydrogen) atoms. The molecule has 0 fully saturated rings. The van der Waals surface area contributed by atoms with Gasteiger partial charge in [-0.25, -0.2) is 4.79 Å². The van der Waals surface area contributed by atoms with Crippen molar-refractivity contribution in [2.24, 2.45) is 23.0 Å². The number of esters is 1. The molecule has 0 aromatic carbocycles. The topological polar surface area (TPSA) is 69.4 Å². The molecule has 0 aromatic heterocycles. The van der Waals surface area contributed by atoms with Crippen LogP contribution in [0.25, 0.3) is 0 Å². The number of carbonyl (C=O) groups is 2. The van der Waals surface area contributed by atoms with Gasteiger partial charge in [-0.1, -0.05) is 27.7 Å². The monoisotopic (exact) mass is 201 g/mol. The highest BCUT2D eigenvalue weighted by atomic mass is 16.6. The third kappa shape index (κ3) is 2.47. The molecule has 0 atom stereocenters. The largest absolute Gasteiger partial charge is 0.412 e. The summed E-state index contributed by atoms with van der Waals surface area (Å²) in [7, 11) is 0. The summed E-state index contributed by atoms with van der Waals surface area (Å²) in [5, 5.41) is 0. The van der Waals surface area contributed by atoms with Gasteiger partial charge in [0.05, 0.1) is 5.41 Å². The minimum atomic E-state index is -1.04. The van der Waals surface area contributed by atoms with Gasteiger partial charge in [-0.05, 0) is 18.8 Å². The van der Waals surface area contributed by atoms with Gasteiger partial charge in [0.1, 0.15) is 0 Å². The van der Waals surface area contributed by atoms with Crippen LogP contribution in [-0.2, 0) is 9.53 Å².